The number of rotatable bonds is 8. The minimum Gasteiger partial charge on any atom is -0.346 e. The summed E-state index contributed by atoms with van der Waals surface area (Å²) in [5.41, 5.74) is 3.22. The van der Waals surface area contributed by atoms with Crippen LogP contribution in [0.4, 0.5) is 0 Å². The number of hydrogen-bond acceptors (Lipinski definition) is 3. The van der Waals surface area contributed by atoms with Gasteiger partial charge in [-0.25, -0.2) is 0 Å². The minimum absolute atomic E-state index is 0. The van der Waals surface area contributed by atoms with E-state index in [1.54, 1.807) is 0 Å². The maximum atomic E-state index is 12.2. The summed E-state index contributed by atoms with van der Waals surface area (Å²) < 4.78 is 0. The van der Waals surface area contributed by atoms with Crippen molar-refractivity contribution in [3.63, 3.8) is 0 Å². The molecule has 1 fully saturated rings. The van der Waals surface area contributed by atoms with Crippen LogP contribution in [0.25, 0.3) is 11.3 Å². The van der Waals surface area contributed by atoms with Crippen molar-refractivity contribution in [1.29, 1.82) is 0 Å². The highest BCUT2D eigenvalue weighted by Gasteiger charge is 2.17. The van der Waals surface area contributed by atoms with Gasteiger partial charge < -0.3 is 10.2 Å². The number of aromatic nitrogens is 2. The zero-order valence-corrected chi connectivity index (χ0v) is 16.2. The van der Waals surface area contributed by atoms with Crippen LogP contribution in [-0.4, -0.2) is 47.7 Å². The summed E-state index contributed by atoms with van der Waals surface area (Å²) in [6.07, 6.45) is 4.75. The Labute approximate surface area is 162 Å². The zero-order chi connectivity index (χ0) is 17.5. The Balaban J connectivity index is 0.00000243. The quantitative estimate of drug-likeness (QED) is 0.743. The molecular weight excluding hydrogens is 348 g/mol. The van der Waals surface area contributed by atoms with Crippen molar-refractivity contribution in [1.82, 2.24) is 20.4 Å². The van der Waals surface area contributed by atoms with Crippen molar-refractivity contribution >= 4 is 18.3 Å². The summed E-state index contributed by atoms with van der Waals surface area (Å²) in [6.45, 7) is 2.96. The van der Waals surface area contributed by atoms with E-state index in [2.05, 4.69) is 33.7 Å². The second-order valence-electron chi connectivity index (χ2n) is 6.96. The molecule has 1 atom stereocenters. The van der Waals surface area contributed by atoms with Crippen molar-refractivity contribution in [2.75, 3.05) is 26.7 Å². The maximum absolute atomic E-state index is 12.2. The molecule has 1 aromatic carbocycles. The second-order valence-corrected chi connectivity index (χ2v) is 6.96. The number of amides is 1. The average Bonchev–Trinajstić information content (AvgIpc) is 3.32. The molecule has 2 aromatic rings. The lowest BCUT2D eigenvalue weighted by molar-refractivity contribution is -0.130. The molecule has 1 saturated heterocycles. The van der Waals surface area contributed by atoms with Gasteiger partial charge in [0.1, 0.15) is 0 Å². The first kappa shape index (κ1) is 20.5. The molecule has 3 rings (SSSR count). The third kappa shape index (κ3) is 5.85. The smallest absolute Gasteiger partial charge is 0.222 e. The molecule has 2 N–H and O–H groups in total. The number of halogens is 1. The molecule has 142 valence electrons. The first-order valence-corrected chi connectivity index (χ1v) is 9.27. The van der Waals surface area contributed by atoms with Crippen molar-refractivity contribution in [3.05, 3.63) is 42.1 Å². The molecule has 5 nitrogen and oxygen atoms in total. The Morgan fingerprint density at radius 2 is 2.12 bits per heavy atom. The second kappa shape index (κ2) is 10.3. The number of aryl methyl sites for hydroxylation is 1. The third-order valence-electron chi connectivity index (χ3n) is 4.99. The van der Waals surface area contributed by atoms with E-state index in [9.17, 15) is 4.79 Å². The van der Waals surface area contributed by atoms with Gasteiger partial charge in [-0.2, -0.15) is 5.10 Å². The van der Waals surface area contributed by atoms with Gasteiger partial charge in [0.2, 0.25) is 5.91 Å². The summed E-state index contributed by atoms with van der Waals surface area (Å²) in [5.74, 6) is 0.945. The number of H-pyrrole nitrogens is 1. The van der Waals surface area contributed by atoms with Crippen LogP contribution in [0.3, 0.4) is 0 Å². The standard InChI is InChI=1S/C20H28N4O.ClH/c1-24(20(25)10-9-16-11-12-21-15-16)13-5-8-18-14-19(23-22-18)17-6-3-2-4-7-17;/h2-4,6-7,14,16,21H,5,8-13,15H2,1H3,(H,22,23);1H. The summed E-state index contributed by atoms with van der Waals surface area (Å²) in [6, 6.07) is 12.3. The van der Waals surface area contributed by atoms with Crippen molar-refractivity contribution < 1.29 is 4.79 Å². The van der Waals surface area contributed by atoms with Crippen LogP contribution < -0.4 is 5.32 Å². The van der Waals surface area contributed by atoms with Crippen LogP contribution >= 0.6 is 12.4 Å². The molecule has 0 saturated carbocycles. The number of benzene rings is 1. The van der Waals surface area contributed by atoms with Gasteiger partial charge in [0.15, 0.2) is 0 Å². The molecule has 1 aliphatic rings. The SMILES string of the molecule is CN(CCCc1cc(-c2ccccc2)n[nH]1)C(=O)CCC1CCNC1.Cl. The molecule has 1 amide bonds. The molecule has 1 unspecified atom stereocenters. The summed E-state index contributed by atoms with van der Waals surface area (Å²) in [5, 5.41) is 10.8. The molecule has 6 heteroatoms. The molecule has 1 aromatic heterocycles. The van der Waals surface area contributed by atoms with E-state index in [1.807, 2.05) is 30.1 Å². The minimum atomic E-state index is 0. The van der Waals surface area contributed by atoms with Crippen molar-refractivity contribution in [3.8, 4) is 11.3 Å². The molecule has 2 heterocycles. The Morgan fingerprint density at radius 3 is 2.85 bits per heavy atom. The first-order valence-electron chi connectivity index (χ1n) is 9.27. The lowest BCUT2D eigenvalue weighted by Gasteiger charge is -2.18. The summed E-state index contributed by atoms with van der Waals surface area (Å²) >= 11 is 0. The van der Waals surface area contributed by atoms with Crippen molar-refractivity contribution in [2.24, 2.45) is 5.92 Å². The van der Waals surface area contributed by atoms with Gasteiger partial charge in [-0.1, -0.05) is 30.3 Å². The van der Waals surface area contributed by atoms with E-state index < -0.39 is 0 Å². The van der Waals surface area contributed by atoms with E-state index >= 15 is 0 Å². The van der Waals surface area contributed by atoms with Gasteiger partial charge in [-0.3, -0.25) is 9.89 Å². The Hall–Kier alpha value is -1.85. The van der Waals surface area contributed by atoms with Crippen LogP contribution in [0.5, 0.6) is 0 Å². The number of carbonyl (C=O) groups is 1. The fourth-order valence-electron chi connectivity index (χ4n) is 3.36. The zero-order valence-electron chi connectivity index (χ0n) is 15.4. The average molecular weight is 377 g/mol. The van der Waals surface area contributed by atoms with Crippen LogP contribution in [0.1, 0.15) is 31.4 Å². The molecule has 1 aliphatic heterocycles. The first-order chi connectivity index (χ1) is 12.2. The molecular formula is C20H29ClN4O. The van der Waals surface area contributed by atoms with Crippen LogP contribution in [0.15, 0.2) is 36.4 Å². The highest BCUT2D eigenvalue weighted by molar-refractivity contribution is 5.85. The number of carbonyl (C=O) groups excluding carboxylic acids is 1. The van der Waals surface area contributed by atoms with Gasteiger partial charge in [-0.05, 0) is 50.8 Å². The van der Waals surface area contributed by atoms with Crippen LogP contribution in [-0.2, 0) is 11.2 Å². The predicted molar refractivity (Wildman–Crippen MR) is 107 cm³/mol. The molecule has 0 bridgehead atoms. The monoisotopic (exact) mass is 376 g/mol. The number of nitrogens with one attached hydrogen (secondary N) is 2. The van der Waals surface area contributed by atoms with Gasteiger partial charge >= 0.3 is 0 Å². The van der Waals surface area contributed by atoms with Crippen LogP contribution in [0.2, 0.25) is 0 Å². The highest BCUT2D eigenvalue weighted by atomic mass is 35.5. The molecule has 0 aliphatic carbocycles. The Kier molecular flexibility index (Phi) is 8.13. The normalized spacial score (nSPS) is 16.3. The molecule has 26 heavy (non-hydrogen) atoms. The van der Waals surface area contributed by atoms with E-state index in [1.165, 1.54) is 6.42 Å². The van der Waals surface area contributed by atoms with Gasteiger partial charge in [-0.15, -0.1) is 12.4 Å². The van der Waals surface area contributed by atoms with E-state index in [0.717, 1.165) is 55.8 Å². The molecule has 0 spiro atoms. The fourth-order valence-corrected chi connectivity index (χ4v) is 3.36. The van der Waals surface area contributed by atoms with Crippen molar-refractivity contribution in [2.45, 2.75) is 32.1 Å². The number of hydrogen-bond donors (Lipinski definition) is 2. The van der Waals surface area contributed by atoms with E-state index in [4.69, 9.17) is 0 Å². The summed E-state index contributed by atoms with van der Waals surface area (Å²) in [7, 11) is 1.91. The summed E-state index contributed by atoms with van der Waals surface area (Å²) in [4.78, 5) is 14.1. The largest absolute Gasteiger partial charge is 0.346 e. The fraction of sp³-hybridized carbons (Fsp3) is 0.500. The van der Waals surface area contributed by atoms with E-state index in [0.29, 0.717) is 12.3 Å². The van der Waals surface area contributed by atoms with Gasteiger partial charge in [0.25, 0.3) is 0 Å². The molecule has 0 radical (unpaired) electrons. The Morgan fingerprint density at radius 1 is 1.31 bits per heavy atom. The Bertz CT molecular complexity index is 667. The lowest BCUT2D eigenvalue weighted by Crippen LogP contribution is -2.28. The van der Waals surface area contributed by atoms with Gasteiger partial charge in [0.05, 0.1) is 5.69 Å². The van der Waals surface area contributed by atoms with Gasteiger partial charge in [0, 0.05) is 31.3 Å². The lowest BCUT2D eigenvalue weighted by atomic mass is 10.0. The van der Waals surface area contributed by atoms with E-state index in [-0.39, 0.29) is 18.3 Å². The third-order valence-corrected chi connectivity index (χ3v) is 4.99. The maximum Gasteiger partial charge on any atom is 0.222 e. The predicted octanol–water partition coefficient (Wildman–Crippen LogP) is 3.28. The highest BCUT2D eigenvalue weighted by Crippen LogP contribution is 2.18. The number of aromatic amines is 1. The van der Waals surface area contributed by atoms with Crippen LogP contribution in [0, 0.1) is 5.92 Å². The topological polar surface area (TPSA) is 61.0 Å². The number of nitrogens with zero attached hydrogens (tertiary/aromatic N) is 2.